The highest BCUT2D eigenvalue weighted by molar-refractivity contribution is 7.91. The van der Waals surface area contributed by atoms with Crippen LogP contribution in [0.5, 0.6) is 0 Å². The van der Waals surface area contributed by atoms with Crippen LogP contribution in [0, 0.1) is 18.8 Å². The first-order valence-electron chi connectivity index (χ1n) is 16.3. The molecule has 0 spiro atoms. The molecule has 16 heteroatoms. The molecule has 0 bridgehead atoms. The smallest absolute Gasteiger partial charge is 0.322 e. The predicted octanol–water partition coefficient (Wildman–Crippen LogP) is 5.85. The molecule has 2 fully saturated rings. The summed E-state index contributed by atoms with van der Waals surface area (Å²) < 4.78 is 54.6. The second-order valence-corrected chi connectivity index (χ2v) is 17.1. The normalized spacial score (nSPS) is 18.7. The number of pyridine rings is 1. The maximum Gasteiger partial charge on any atom is 0.322 e. The number of carbonyl (C=O) groups is 3. The molecule has 3 atom stereocenters. The molecule has 1 aliphatic carbocycles. The fraction of sp³-hybridized carbons (Fsp3) is 0.278. The molecule has 4 aromatic rings. The minimum absolute atomic E-state index is 0.0136. The van der Waals surface area contributed by atoms with E-state index in [0.717, 1.165) is 35.2 Å². The first-order chi connectivity index (χ1) is 24.7. The number of anilines is 1. The van der Waals surface area contributed by atoms with Crippen LogP contribution in [-0.2, 0) is 29.4 Å². The second kappa shape index (κ2) is 16.6. The number of rotatable bonds is 9. The number of hydrogen-bond acceptors (Lipinski definition) is 8. The van der Waals surface area contributed by atoms with E-state index in [2.05, 4.69) is 15.6 Å². The molecule has 3 unspecified atom stereocenters. The van der Waals surface area contributed by atoms with E-state index in [1.165, 1.54) is 42.7 Å². The van der Waals surface area contributed by atoms with Crippen LogP contribution in [0.4, 0.5) is 5.69 Å². The van der Waals surface area contributed by atoms with Crippen LogP contribution in [0.2, 0.25) is 10.0 Å². The lowest BCUT2D eigenvalue weighted by molar-refractivity contribution is -0.138. The van der Waals surface area contributed by atoms with Gasteiger partial charge in [-0.15, -0.1) is 0 Å². The van der Waals surface area contributed by atoms with Crippen LogP contribution < -0.4 is 10.6 Å². The number of nitrogens with zero attached hydrogens (tertiary/aromatic N) is 2. The zero-order valence-corrected chi connectivity index (χ0v) is 31.1. The zero-order valence-electron chi connectivity index (χ0n) is 27.9. The number of sulfonamides is 1. The number of benzene rings is 3. The molecular weight excluding hydrogens is 751 g/mol. The molecule has 52 heavy (non-hydrogen) atoms. The third-order valence-corrected chi connectivity index (χ3v) is 13.1. The van der Waals surface area contributed by atoms with Gasteiger partial charge in [0.05, 0.1) is 30.3 Å². The maximum absolute atomic E-state index is 13.7. The van der Waals surface area contributed by atoms with Crippen LogP contribution >= 0.6 is 23.2 Å². The number of carboxylic acids is 1. The molecule has 6 rings (SSSR count). The summed E-state index contributed by atoms with van der Waals surface area (Å²) in [6, 6.07) is 19.3. The summed E-state index contributed by atoms with van der Waals surface area (Å²) in [5.74, 6) is -2.45. The summed E-state index contributed by atoms with van der Waals surface area (Å²) in [5, 5.41) is 14.5. The van der Waals surface area contributed by atoms with Crippen molar-refractivity contribution in [3.8, 4) is 0 Å². The van der Waals surface area contributed by atoms with Gasteiger partial charge in [0.15, 0.2) is 0 Å². The van der Waals surface area contributed by atoms with Crippen molar-refractivity contribution in [3.05, 3.63) is 112 Å². The summed E-state index contributed by atoms with van der Waals surface area (Å²) in [4.78, 5) is 39.4. The third-order valence-electron chi connectivity index (χ3n) is 8.95. The van der Waals surface area contributed by atoms with Gasteiger partial charge in [-0.05, 0) is 74.1 Å². The fourth-order valence-corrected chi connectivity index (χ4v) is 10.1. The van der Waals surface area contributed by atoms with Gasteiger partial charge in [-0.3, -0.25) is 19.4 Å². The van der Waals surface area contributed by atoms with Gasteiger partial charge in [0.1, 0.15) is 12.6 Å². The molecule has 2 heterocycles. The molecule has 3 N–H and O–H groups in total. The number of aryl methyl sites for hydroxylation is 1. The Balaban J connectivity index is 0.000000244. The lowest BCUT2D eigenvalue weighted by atomic mass is 9.78. The van der Waals surface area contributed by atoms with Gasteiger partial charge in [-0.2, -0.15) is 4.31 Å². The average molecular weight is 788 g/mol. The van der Waals surface area contributed by atoms with E-state index >= 15 is 0 Å². The Morgan fingerprint density at radius 2 is 1.46 bits per heavy atom. The van der Waals surface area contributed by atoms with E-state index < -0.39 is 44.3 Å². The monoisotopic (exact) mass is 786 g/mol. The molecule has 0 radical (unpaired) electrons. The van der Waals surface area contributed by atoms with Crippen molar-refractivity contribution >= 4 is 66.5 Å². The molecule has 274 valence electrons. The van der Waals surface area contributed by atoms with Gasteiger partial charge in [0, 0.05) is 24.6 Å². The highest BCUT2D eigenvalue weighted by atomic mass is 35.5. The van der Waals surface area contributed by atoms with Crippen LogP contribution in [0.25, 0.3) is 0 Å². The van der Waals surface area contributed by atoms with Crippen LogP contribution in [0.1, 0.15) is 41.6 Å². The predicted molar refractivity (Wildman–Crippen MR) is 195 cm³/mol. The number of aromatic nitrogens is 1. The second-order valence-electron chi connectivity index (χ2n) is 12.4. The number of amides is 2. The van der Waals surface area contributed by atoms with Crippen molar-refractivity contribution in [1.29, 1.82) is 0 Å². The Hall–Kier alpha value is -4.34. The first-order valence-corrected chi connectivity index (χ1v) is 20.0. The van der Waals surface area contributed by atoms with E-state index in [1.54, 1.807) is 18.2 Å². The van der Waals surface area contributed by atoms with Gasteiger partial charge >= 0.3 is 5.97 Å². The summed E-state index contributed by atoms with van der Waals surface area (Å²) in [5.41, 5.74) is 2.04. The lowest BCUT2D eigenvalue weighted by Crippen LogP contribution is -2.49. The number of aliphatic carboxylic acids is 1. The molecule has 2 amide bonds. The molecule has 12 nitrogen and oxygen atoms in total. The van der Waals surface area contributed by atoms with E-state index in [4.69, 9.17) is 28.3 Å². The van der Waals surface area contributed by atoms with Gasteiger partial charge in [-0.25, -0.2) is 16.8 Å². The topological polar surface area (TPSA) is 180 Å². The number of fused-ring (bicyclic) bond motifs is 1. The standard InChI is InChI=1S/C23H26N2O7S2.C13H10Cl2N2O/c26-21(27)14-24-23(28)22-20-12-5-4-7-16(20)15-25(22)34(31,32)19-11-6-10-18(13-19)33(29,30)17-8-2-1-3-9-17;1-8-2-4-9(5-3-8)17-13(18)12-10(14)6-16-7-11(12)15/h1-3,6,8-11,13,16,20,22H,4-5,7,12,14-15H2,(H,24,28)(H,26,27);2-7H,1H3,(H,17,18). The third kappa shape index (κ3) is 8.81. The highest BCUT2D eigenvalue weighted by Crippen LogP contribution is 2.43. The van der Waals surface area contributed by atoms with Crippen molar-refractivity contribution in [2.75, 3.05) is 18.4 Å². The van der Waals surface area contributed by atoms with E-state index in [-0.39, 0.29) is 54.6 Å². The quantitative estimate of drug-likeness (QED) is 0.188. The SMILES string of the molecule is Cc1ccc(NC(=O)c2c(Cl)cncc2Cl)cc1.O=C(O)CNC(=O)C1C2CCCCC2CN1S(=O)(=O)c1cccc(S(=O)(=O)c2ccccc2)c1. The molecule has 1 saturated heterocycles. The summed E-state index contributed by atoms with van der Waals surface area (Å²) in [6.45, 7) is 1.50. The number of carbonyl (C=O) groups excluding carboxylic acids is 2. The van der Waals surface area contributed by atoms with Crippen LogP contribution in [-0.4, -0.2) is 68.1 Å². The van der Waals surface area contributed by atoms with E-state index in [1.807, 2.05) is 31.2 Å². The van der Waals surface area contributed by atoms with Crippen LogP contribution in [0.15, 0.2) is 106 Å². The Morgan fingerprint density at radius 1 is 0.846 bits per heavy atom. The molecule has 1 saturated carbocycles. The minimum Gasteiger partial charge on any atom is -0.480 e. The Morgan fingerprint density at radius 3 is 2.12 bits per heavy atom. The van der Waals surface area contributed by atoms with Crippen molar-refractivity contribution < 1.29 is 36.3 Å². The summed E-state index contributed by atoms with van der Waals surface area (Å²) in [6.07, 6.45) is 6.02. The number of halogens is 2. The van der Waals surface area contributed by atoms with Crippen molar-refractivity contribution in [3.63, 3.8) is 0 Å². The average Bonchev–Trinajstić information content (AvgIpc) is 3.53. The fourth-order valence-electron chi connectivity index (χ4n) is 6.41. The molecule has 1 aliphatic heterocycles. The number of nitrogens with one attached hydrogen (secondary N) is 2. The molecular formula is C36H36Cl2N4O8S2. The van der Waals surface area contributed by atoms with Gasteiger partial charge in [0.2, 0.25) is 25.8 Å². The Bertz CT molecular complexity index is 2150. The molecule has 2 aliphatic rings. The molecule has 1 aromatic heterocycles. The van der Waals surface area contributed by atoms with Gasteiger partial charge in [-0.1, -0.05) is 78.0 Å². The van der Waals surface area contributed by atoms with Gasteiger partial charge < -0.3 is 15.7 Å². The largest absolute Gasteiger partial charge is 0.480 e. The Kier molecular flexibility index (Phi) is 12.4. The first kappa shape index (κ1) is 38.9. The van der Waals surface area contributed by atoms with E-state index in [9.17, 15) is 31.2 Å². The lowest BCUT2D eigenvalue weighted by Gasteiger charge is -2.29. The summed E-state index contributed by atoms with van der Waals surface area (Å²) in [7, 11) is -8.18. The number of carboxylic acid groups (broad SMARTS) is 1. The van der Waals surface area contributed by atoms with Crippen molar-refractivity contribution in [2.45, 2.75) is 53.3 Å². The zero-order chi connectivity index (χ0) is 37.6. The van der Waals surface area contributed by atoms with E-state index in [0.29, 0.717) is 12.1 Å². The number of sulfone groups is 1. The number of hydrogen-bond donors (Lipinski definition) is 3. The van der Waals surface area contributed by atoms with Crippen LogP contribution in [0.3, 0.4) is 0 Å². The Labute approximate surface area is 312 Å². The highest BCUT2D eigenvalue weighted by Gasteiger charge is 2.51. The molecule has 3 aromatic carbocycles. The maximum atomic E-state index is 13.7. The van der Waals surface area contributed by atoms with Crippen molar-refractivity contribution in [2.24, 2.45) is 11.8 Å². The van der Waals surface area contributed by atoms with Gasteiger partial charge in [0.25, 0.3) is 5.91 Å². The summed E-state index contributed by atoms with van der Waals surface area (Å²) >= 11 is 11.8. The van der Waals surface area contributed by atoms with Crippen molar-refractivity contribution in [1.82, 2.24) is 14.6 Å². The minimum atomic E-state index is -4.23.